The largest absolute Gasteiger partial charge is 0.326 e. The van der Waals surface area contributed by atoms with Crippen molar-refractivity contribution in [1.29, 1.82) is 0 Å². The van der Waals surface area contributed by atoms with Gasteiger partial charge < -0.3 is 5.32 Å². The molecule has 1 N–H and O–H groups in total. The standard InChI is InChI=1S/C17H23BrFNO/c1-2-3-4-12-5-7-13(8-6-12)17(21)20-14-9-10-15(18)16(19)11-14/h9-13H,2-8H2,1H3,(H,20,21). The smallest absolute Gasteiger partial charge is 0.227 e. The molecule has 0 unspecified atom stereocenters. The Labute approximate surface area is 134 Å². The van der Waals surface area contributed by atoms with E-state index in [4.69, 9.17) is 0 Å². The molecule has 4 heteroatoms. The average Bonchev–Trinajstić information content (AvgIpc) is 2.49. The monoisotopic (exact) mass is 355 g/mol. The van der Waals surface area contributed by atoms with Crippen LogP contribution < -0.4 is 5.32 Å². The Kier molecular flexibility index (Phi) is 6.22. The van der Waals surface area contributed by atoms with Crippen molar-refractivity contribution in [3.05, 3.63) is 28.5 Å². The summed E-state index contributed by atoms with van der Waals surface area (Å²) in [7, 11) is 0. The average molecular weight is 356 g/mol. The molecule has 1 aliphatic rings. The molecule has 1 saturated carbocycles. The lowest BCUT2D eigenvalue weighted by Crippen LogP contribution is -2.27. The van der Waals surface area contributed by atoms with Crippen LogP contribution in [0.3, 0.4) is 0 Å². The van der Waals surface area contributed by atoms with Gasteiger partial charge in [-0.05, 0) is 65.7 Å². The van der Waals surface area contributed by atoms with Gasteiger partial charge in [0, 0.05) is 11.6 Å². The number of amides is 1. The minimum absolute atomic E-state index is 0.0330. The molecule has 0 radical (unpaired) electrons. The lowest BCUT2D eigenvalue weighted by atomic mass is 9.79. The Hall–Kier alpha value is -0.900. The second kappa shape index (κ2) is 7.92. The van der Waals surface area contributed by atoms with Gasteiger partial charge in [0.1, 0.15) is 5.82 Å². The summed E-state index contributed by atoms with van der Waals surface area (Å²) in [4.78, 5) is 12.2. The number of hydrogen-bond acceptors (Lipinski definition) is 1. The van der Waals surface area contributed by atoms with E-state index in [1.54, 1.807) is 12.1 Å². The van der Waals surface area contributed by atoms with Crippen molar-refractivity contribution in [2.75, 3.05) is 5.32 Å². The van der Waals surface area contributed by atoms with Crippen LogP contribution >= 0.6 is 15.9 Å². The number of halogens is 2. The zero-order valence-electron chi connectivity index (χ0n) is 12.5. The number of rotatable bonds is 5. The fourth-order valence-corrected chi connectivity index (χ4v) is 3.27. The van der Waals surface area contributed by atoms with Crippen LogP contribution in [0.5, 0.6) is 0 Å². The lowest BCUT2D eigenvalue weighted by Gasteiger charge is -2.27. The fraction of sp³-hybridized carbons (Fsp3) is 0.588. The van der Waals surface area contributed by atoms with E-state index in [2.05, 4.69) is 28.2 Å². The second-order valence-corrected chi connectivity index (χ2v) is 6.83. The van der Waals surface area contributed by atoms with Crippen molar-refractivity contribution in [1.82, 2.24) is 0 Å². The number of anilines is 1. The normalized spacial score (nSPS) is 22.0. The Morgan fingerprint density at radius 2 is 2.05 bits per heavy atom. The van der Waals surface area contributed by atoms with Crippen molar-refractivity contribution in [2.24, 2.45) is 11.8 Å². The molecule has 0 spiro atoms. The zero-order valence-corrected chi connectivity index (χ0v) is 14.1. The van der Waals surface area contributed by atoms with E-state index >= 15 is 0 Å². The molecule has 0 bridgehead atoms. The maximum absolute atomic E-state index is 13.4. The van der Waals surface area contributed by atoms with Crippen molar-refractivity contribution < 1.29 is 9.18 Å². The van der Waals surface area contributed by atoms with Crippen molar-refractivity contribution in [2.45, 2.75) is 51.9 Å². The molecule has 1 amide bonds. The summed E-state index contributed by atoms with van der Waals surface area (Å²) >= 11 is 3.11. The first-order valence-electron chi connectivity index (χ1n) is 7.86. The highest BCUT2D eigenvalue weighted by molar-refractivity contribution is 9.10. The van der Waals surface area contributed by atoms with Gasteiger partial charge >= 0.3 is 0 Å². The lowest BCUT2D eigenvalue weighted by molar-refractivity contribution is -0.121. The third kappa shape index (κ3) is 4.80. The Morgan fingerprint density at radius 1 is 1.33 bits per heavy atom. The van der Waals surface area contributed by atoms with Crippen LogP contribution in [0.15, 0.2) is 22.7 Å². The Bertz CT molecular complexity index is 484. The van der Waals surface area contributed by atoms with Gasteiger partial charge in [-0.15, -0.1) is 0 Å². The van der Waals surface area contributed by atoms with Gasteiger partial charge in [0.05, 0.1) is 4.47 Å². The summed E-state index contributed by atoms with van der Waals surface area (Å²) in [6.07, 6.45) is 8.04. The quantitative estimate of drug-likeness (QED) is 0.739. The predicted octanol–water partition coefficient (Wildman–Crippen LogP) is 5.52. The molecule has 21 heavy (non-hydrogen) atoms. The summed E-state index contributed by atoms with van der Waals surface area (Å²) in [5, 5.41) is 2.84. The summed E-state index contributed by atoms with van der Waals surface area (Å²) in [6.45, 7) is 2.22. The first kappa shape index (κ1) is 16.5. The van der Waals surface area contributed by atoms with Gasteiger partial charge in [0.15, 0.2) is 0 Å². The fourth-order valence-electron chi connectivity index (χ4n) is 3.02. The Balaban J connectivity index is 1.83. The van der Waals surface area contributed by atoms with E-state index in [1.807, 2.05) is 0 Å². The minimum atomic E-state index is -0.351. The maximum atomic E-state index is 13.4. The summed E-state index contributed by atoms with van der Waals surface area (Å²) < 4.78 is 13.9. The molecule has 0 aromatic heterocycles. The second-order valence-electron chi connectivity index (χ2n) is 5.98. The molecule has 1 fully saturated rings. The third-order valence-corrected chi connectivity index (χ3v) is 5.01. The number of unbranched alkanes of at least 4 members (excludes halogenated alkanes) is 1. The molecule has 0 saturated heterocycles. The highest BCUT2D eigenvalue weighted by Gasteiger charge is 2.26. The number of benzene rings is 1. The molecule has 2 rings (SSSR count). The van der Waals surface area contributed by atoms with Crippen LogP contribution in [0.1, 0.15) is 51.9 Å². The topological polar surface area (TPSA) is 29.1 Å². The van der Waals surface area contributed by atoms with Crippen LogP contribution in [0, 0.1) is 17.7 Å². The Morgan fingerprint density at radius 3 is 2.67 bits per heavy atom. The van der Waals surface area contributed by atoms with Crippen molar-refractivity contribution >= 4 is 27.5 Å². The predicted molar refractivity (Wildman–Crippen MR) is 87.7 cm³/mol. The van der Waals surface area contributed by atoms with Crippen LogP contribution in [-0.4, -0.2) is 5.91 Å². The minimum Gasteiger partial charge on any atom is -0.326 e. The van der Waals surface area contributed by atoms with Gasteiger partial charge in [-0.2, -0.15) is 0 Å². The van der Waals surface area contributed by atoms with Crippen molar-refractivity contribution in [3.8, 4) is 0 Å². The summed E-state index contributed by atoms with van der Waals surface area (Å²) in [5.74, 6) is 0.551. The van der Waals surface area contributed by atoms with Gasteiger partial charge in [-0.1, -0.05) is 26.2 Å². The SMILES string of the molecule is CCCCC1CCC(C(=O)Nc2ccc(Br)c(F)c2)CC1. The molecule has 1 aromatic carbocycles. The first-order valence-corrected chi connectivity index (χ1v) is 8.65. The van der Waals surface area contributed by atoms with Crippen LogP contribution in [-0.2, 0) is 4.79 Å². The first-order chi connectivity index (χ1) is 10.1. The number of hydrogen-bond donors (Lipinski definition) is 1. The van der Waals surface area contributed by atoms with Gasteiger partial charge in [0.2, 0.25) is 5.91 Å². The molecule has 0 aliphatic heterocycles. The van der Waals surface area contributed by atoms with E-state index in [0.29, 0.717) is 10.2 Å². The maximum Gasteiger partial charge on any atom is 0.227 e. The molecular formula is C17H23BrFNO. The number of carbonyl (C=O) groups excluding carboxylic acids is 1. The van der Waals surface area contributed by atoms with Gasteiger partial charge in [-0.3, -0.25) is 4.79 Å². The molecular weight excluding hydrogens is 333 g/mol. The van der Waals surface area contributed by atoms with Gasteiger partial charge in [0.25, 0.3) is 0 Å². The molecule has 0 heterocycles. The van der Waals surface area contributed by atoms with E-state index < -0.39 is 0 Å². The molecule has 2 nitrogen and oxygen atoms in total. The number of nitrogens with one attached hydrogen (secondary N) is 1. The summed E-state index contributed by atoms with van der Waals surface area (Å²) in [5.41, 5.74) is 0.536. The highest BCUT2D eigenvalue weighted by atomic mass is 79.9. The van der Waals surface area contributed by atoms with Crippen LogP contribution in [0.2, 0.25) is 0 Å². The summed E-state index contributed by atoms with van der Waals surface area (Å²) in [6, 6.07) is 4.69. The molecule has 1 aliphatic carbocycles. The van der Waals surface area contributed by atoms with Crippen LogP contribution in [0.4, 0.5) is 10.1 Å². The van der Waals surface area contributed by atoms with E-state index in [-0.39, 0.29) is 17.6 Å². The van der Waals surface area contributed by atoms with Crippen molar-refractivity contribution in [3.63, 3.8) is 0 Å². The third-order valence-electron chi connectivity index (χ3n) is 4.37. The van der Waals surface area contributed by atoms with E-state index in [1.165, 1.54) is 25.3 Å². The molecule has 0 atom stereocenters. The van der Waals surface area contributed by atoms with E-state index in [9.17, 15) is 9.18 Å². The number of carbonyl (C=O) groups is 1. The van der Waals surface area contributed by atoms with Gasteiger partial charge in [-0.25, -0.2) is 4.39 Å². The zero-order chi connectivity index (χ0) is 15.2. The van der Waals surface area contributed by atoms with E-state index in [0.717, 1.165) is 31.6 Å². The molecule has 1 aromatic rings. The molecule has 116 valence electrons. The highest BCUT2D eigenvalue weighted by Crippen LogP contribution is 2.32. The van der Waals surface area contributed by atoms with Crippen LogP contribution in [0.25, 0.3) is 0 Å².